The Morgan fingerprint density at radius 3 is 2.60 bits per heavy atom. The second-order valence-electron chi connectivity index (χ2n) is 5.87. The Bertz CT molecular complexity index is 431. The summed E-state index contributed by atoms with van der Waals surface area (Å²) >= 11 is 0. The Kier molecular flexibility index (Phi) is 4.45. The summed E-state index contributed by atoms with van der Waals surface area (Å²) in [5, 5.41) is 5.29. The van der Waals surface area contributed by atoms with Crippen molar-refractivity contribution in [2.24, 2.45) is 10.8 Å². The van der Waals surface area contributed by atoms with Gasteiger partial charge >= 0.3 is 6.09 Å². The Morgan fingerprint density at radius 1 is 1.50 bits per heavy atom. The van der Waals surface area contributed by atoms with E-state index in [4.69, 9.17) is 16.0 Å². The van der Waals surface area contributed by atoms with E-state index in [0.717, 1.165) is 0 Å². The molecule has 1 saturated carbocycles. The fourth-order valence-corrected chi connectivity index (χ4v) is 2.11. The molecule has 1 rings (SSSR count). The molecule has 1 amide bonds. The van der Waals surface area contributed by atoms with E-state index in [1.807, 2.05) is 5.32 Å². The molecule has 3 N–H and O–H groups in total. The predicted octanol–water partition coefficient (Wildman–Crippen LogP) is 2.66. The molecular weight excluding hydrogens is 272 g/mol. The number of hydrogen-bond acceptors (Lipinski definition) is 4. The number of amides is 1. The highest BCUT2D eigenvalue weighted by Crippen LogP contribution is 2.39. The molecule has 0 aromatic heterocycles. The van der Waals surface area contributed by atoms with E-state index in [9.17, 15) is 13.6 Å². The number of alkyl carbamates (subject to hydrolysis) is 1. The number of nitrogens with zero attached hydrogens (tertiary/aromatic N) is 3. The van der Waals surface area contributed by atoms with Crippen LogP contribution in [0.2, 0.25) is 0 Å². The lowest BCUT2D eigenvalue weighted by Crippen LogP contribution is -2.67. The molecule has 1 aliphatic rings. The van der Waals surface area contributed by atoms with Gasteiger partial charge in [0, 0.05) is 11.3 Å². The van der Waals surface area contributed by atoms with Crippen LogP contribution in [0.4, 0.5) is 13.6 Å². The van der Waals surface area contributed by atoms with E-state index in [1.165, 1.54) is 0 Å². The molecule has 1 fully saturated rings. The minimum Gasteiger partial charge on any atom is -0.444 e. The van der Waals surface area contributed by atoms with Crippen molar-refractivity contribution >= 4 is 6.09 Å². The van der Waals surface area contributed by atoms with Crippen molar-refractivity contribution in [3.05, 3.63) is 10.4 Å². The number of carbonyl (C=O) groups excluding carboxylic acids is 1. The monoisotopic (exact) mass is 291 g/mol. The van der Waals surface area contributed by atoms with E-state index >= 15 is 0 Å². The van der Waals surface area contributed by atoms with Gasteiger partial charge in [-0.1, -0.05) is 5.11 Å². The lowest BCUT2D eigenvalue weighted by atomic mass is 9.82. The molecular formula is C11H19F2N5O2. The first kappa shape index (κ1) is 16.5. The van der Waals surface area contributed by atoms with E-state index in [-0.39, 0.29) is 12.8 Å². The number of azide groups is 1. The molecule has 0 aromatic carbocycles. The maximum atomic E-state index is 13.9. The molecule has 20 heavy (non-hydrogen) atoms. The highest BCUT2D eigenvalue weighted by molar-refractivity contribution is 5.68. The van der Waals surface area contributed by atoms with Gasteiger partial charge in [0.1, 0.15) is 17.3 Å². The van der Waals surface area contributed by atoms with Crippen LogP contribution < -0.4 is 11.1 Å². The van der Waals surface area contributed by atoms with Crippen LogP contribution in [-0.4, -0.2) is 29.3 Å². The van der Waals surface area contributed by atoms with Gasteiger partial charge in [0.25, 0.3) is 5.92 Å². The van der Waals surface area contributed by atoms with Gasteiger partial charge < -0.3 is 15.8 Å². The molecule has 9 heteroatoms. The summed E-state index contributed by atoms with van der Waals surface area (Å²) in [4.78, 5) is 14.2. The van der Waals surface area contributed by atoms with Crippen LogP contribution in [0, 0.1) is 0 Å². The van der Waals surface area contributed by atoms with E-state index in [2.05, 4.69) is 10.0 Å². The predicted molar refractivity (Wildman–Crippen MR) is 68.0 cm³/mol. The van der Waals surface area contributed by atoms with Gasteiger partial charge in [-0.15, -0.1) is 0 Å². The normalized spacial score (nSPS) is 29.2. The van der Waals surface area contributed by atoms with Crippen LogP contribution in [0.25, 0.3) is 10.4 Å². The molecule has 0 unspecified atom stereocenters. The van der Waals surface area contributed by atoms with Gasteiger partial charge in [-0.05, 0) is 39.1 Å². The Labute approximate surface area is 115 Å². The molecule has 0 bridgehead atoms. The first-order chi connectivity index (χ1) is 9.00. The third-order valence-electron chi connectivity index (χ3n) is 2.90. The summed E-state index contributed by atoms with van der Waals surface area (Å²) in [7, 11) is 0. The quantitative estimate of drug-likeness (QED) is 0.463. The van der Waals surface area contributed by atoms with Crippen molar-refractivity contribution in [2.75, 3.05) is 0 Å². The molecule has 0 heterocycles. The fraction of sp³-hybridized carbons (Fsp3) is 0.909. The molecule has 0 spiro atoms. The Balaban J connectivity index is 2.95. The highest BCUT2D eigenvalue weighted by atomic mass is 19.3. The van der Waals surface area contributed by atoms with Gasteiger partial charge in [0.05, 0.1) is 0 Å². The largest absolute Gasteiger partial charge is 0.444 e. The zero-order valence-electron chi connectivity index (χ0n) is 11.7. The molecule has 114 valence electrons. The van der Waals surface area contributed by atoms with Gasteiger partial charge in [-0.3, -0.25) is 0 Å². The first-order valence-corrected chi connectivity index (χ1v) is 6.23. The van der Waals surface area contributed by atoms with Gasteiger partial charge in [-0.25, -0.2) is 13.6 Å². The van der Waals surface area contributed by atoms with Crippen molar-refractivity contribution < 1.29 is 18.3 Å². The summed E-state index contributed by atoms with van der Waals surface area (Å²) in [6.45, 7) is 4.82. The minimum atomic E-state index is -3.27. The van der Waals surface area contributed by atoms with Crippen LogP contribution in [0.1, 0.15) is 40.0 Å². The lowest BCUT2D eigenvalue weighted by molar-refractivity contribution is -0.0912. The van der Waals surface area contributed by atoms with E-state index < -0.39 is 35.7 Å². The third kappa shape index (κ3) is 3.94. The van der Waals surface area contributed by atoms with Crippen LogP contribution in [0.3, 0.4) is 0 Å². The molecule has 7 nitrogen and oxygen atoms in total. The first-order valence-electron chi connectivity index (χ1n) is 6.23. The second-order valence-corrected chi connectivity index (χ2v) is 5.87. The summed E-state index contributed by atoms with van der Waals surface area (Å²) in [6.07, 6.45) is -1.29. The molecule has 0 aliphatic heterocycles. The zero-order chi connectivity index (χ0) is 15.6. The van der Waals surface area contributed by atoms with Crippen LogP contribution in [0.5, 0.6) is 0 Å². The van der Waals surface area contributed by atoms with E-state index in [0.29, 0.717) is 0 Å². The number of nitrogens with two attached hydrogens (primary N) is 1. The molecule has 0 radical (unpaired) electrons. The maximum Gasteiger partial charge on any atom is 0.408 e. The average Bonchev–Trinajstić information content (AvgIpc) is 2.21. The number of hydrogen-bond donors (Lipinski definition) is 2. The van der Waals surface area contributed by atoms with E-state index in [1.54, 1.807) is 20.8 Å². The Morgan fingerprint density at radius 2 is 2.10 bits per heavy atom. The second kappa shape index (κ2) is 5.41. The minimum absolute atomic E-state index is 0.0626. The van der Waals surface area contributed by atoms with Gasteiger partial charge in [0.2, 0.25) is 0 Å². The smallest absolute Gasteiger partial charge is 0.408 e. The lowest BCUT2D eigenvalue weighted by Gasteiger charge is -2.42. The summed E-state index contributed by atoms with van der Waals surface area (Å²) < 4.78 is 32.8. The maximum absolute atomic E-state index is 13.9. The van der Waals surface area contributed by atoms with Gasteiger partial charge in [0.15, 0.2) is 0 Å². The van der Waals surface area contributed by atoms with Crippen molar-refractivity contribution in [2.45, 2.75) is 63.3 Å². The Hall–Kier alpha value is -1.60. The van der Waals surface area contributed by atoms with Crippen molar-refractivity contribution in [1.29, 1.82) is 0 Å². The standard InChI is InChI=1S/C11H19F2N5O2/c1-9(2,3)20-8(19)16-7-10(12,13)5-4-6-11(7,14)17-18-15/h7H,4-6,14H2,1-3H3,(H,16,19)/t7-,11-/m0/s1. The number of nitrogens with one attached hydrogen (secondary N) is 1. The SMILES string of the molecule is CC(C)(C)OC(=O)N[C@H]1C(F)(F)CCC[C@]1(N)N=[N+]=[N-]. The molecule has 0 aromatic rings. The molecule has 0 saturated heterocycles. The van der Waals surface area contributed by atoms with Crippen LogP contribution >= 0.6 is 0 Å². The van der Waals surface area contributed by atoms with Crippen LogP contribution in [-0.2, 0) is 4.74 Å². The summed E-state index contributed by atoms with van der Waals surface area (Å²) in [5.74, 6) is -3.27. The third-order valence-corrected chi connectivity index (χ3v) is 2.90. The van der Waals surface area contributed by atoms with Crippen molar-refractivity contribution in [1.82, 2.24) is 5.32 Å². The summed E-state index contributed by atoms with van der Waals surface area (Å²) in [6, 6.07) is -1.80. The number of rotatable bonds is 2. The highest BCUT2D eigenvalue weighted by Gasteiger charge is 2.54. The number of ether oxygens (including phenoxy) is 1. The number of carbonyl (C=O) groups is 1. The topological polar surface area (TPSA) is 113 Å². The number of alkyl halides is 2. The average molecular weight is 291 g/mol. The van der Waals surface area contributed by atoms with Crippen molar-refractivity contribution in [3.63, 3.8) is 0 Å². The fourth-order valence-electron chi connectivity index (χ4n) is 2.11. The molecule has 2 atom stereocenters. The summed E-state index contributed by atoms with van der Waals surface area (Å²) in [5.41, 5.74) is 11.5. The van der Waals surface area contributed by atoms with Gasteiger partial charge in [-0.2, -0.15) is 0 Å². The number of halogens is 2. The zero-order valence-corrected chi connectivity index (χ0v) is 11.7. The molecule has 1 aliphatic carbocycles. The van der Waals surface area contributed by atoms with Crippen molar-refractivity contribution in [3.8, 4) is 0 Å². The van der Waals surface area contributed by atoms with Crippen LogP contribution in [0.15, 0.2) is 5.11 Å².